The van der Waals surface area contributed by atoms with Crippen LogP contribution in [-0.4, -0.2) is 28.0 Å². The number of benzene rings is 1. The van der Waals surface area contributed by atoms with Gasteiger partial charge < -0.3 is 0 Å². The SMILES string of the molecule is O=c1n(-c2ccccc2)c(=O)n2n1[C@@H]1C=C[C@H]2[C@@H]2[C@H]1[C@@]1(Cl)C(Cl)=C(Cl)[C@]2(Cl)C1(Cl)Cl. The Hall–Kier alpha value is -0.820. The number of rotatable bonds is 1. The molecule has 0 saturated heterocycles. The Bertz CT molecular complexity index is 1230. The summed E-state index contributed by atoms with van der Waals surface area (Å²) in [7, 11) is 0. The molecule has 2 aliphatic heterocycles. The van der Waals surface area contributed by atoms with Gasteiger partial charge in [0, 0.05) is 11.8 Å². The fraction of sp³-hybridized carbons (Fsp3) is 0.368. The van der Waals surface area contributed by atoms with Crippen LogP contribution in [0.4, 0.5) is 0 Å². The van der Waals surface area contributed by atoms with E-state index in [1.807, 2.05) is 12.2 Å². The van der Waals surface area contributed by atoms with Gasteiger partial charge in [0.1, 0.15) is 9.75 Å². The van der Waals surface area contributed by atoms with E-state index in [4.69, 9.17) is 69.6 Å². The first-order valence-electron chi connectivity index (χ1n) is 9.11. The molecule has 0 unspecified atom stereocenters. The van der Waals surface area contributed by atoms with Crippen LogP contribution in [0, 0.1) is 11.8 Å². The molecule has 5 nitrogen and oxygen atoms in total. The first-order chi connectivity index (χ1) is 14.1. The van der Waals surface area contributed by atoms with Crippen molar-refractivity contribution in [3.8, 4) is 5.69 Å². The Labute approximate surface area is 199 Å². The van der Waals surface area contributed by atoms with Crippen LogP contribution < -0.4 is 11.4 Å². The fourth-order valence-corrected chi connectivity index (χ4v) is 8.78. The highest BCUT2D eigenvalue weighted by Crippen LogP contribution is 2.80. The first-order valence-corrected chi connectivity index (χ1v) is 11.4. The Balaban J connectivity index is 1.66. The zero-order valence-electron chi connectivity index (χ0n) is 14.8. The standard InChI is InChI=1S/C19H11Cl6N3O2/c20-13-14(21)18(23)12-10-7-6-9(11(12)17(13,22)19(18,24)25)27-15(29)26(16(30)28(10)27)8-4-2-1-3-5-8/h1-7,9-12H/t9-,10+,11+,12-,17-,18+. The molecule has 30 heavy (non-hydrogen) atoms. The predicted molar refractivity (Wildman–Crippen MR) is 119 cm³/mol. The highest BCUT2D eigenvalue weighted by molar-refractivity contribution is 6.65. The van der Waals surface area contributed by atoms with Gasteiger partial charge in [0.05, 0.1) is 27.8 Å². The van der Waals surface area contributed by atoms with E-state index in [1.165, 1.54) is 9.36 Å². The highest BCUT2D eigenvalue weighted by Gasteiger charge is 2.85. The molecule has 2 aromatic rings. The molecule has 1 aromatic heterocycles. The third kappa shape index (κ3) is 1.78. The Morgan fingerprint density at radius 3 is 1.60 bits per heavy atom. The molecule has 4 bridgehead atoms. The van der Waals surface area contributed by atoms with Gasteiger partial charge in [-0.15, -0.1) is 23.2 Å². The van der Waals surface area contributed by atoms with Gasteiger partial charge in [0.2, 0.25) is 0 Å². The van der Waals surface area contributed by atoms with Crippen LogP contribution in [0.2, 0.25) is 0 Å². The smallest absolute Gasteiger partial charge is 0.245 e. The molecule has 1 aromatic carbocycles. The van der Waals surface area contributed by atoms with Crippen LogP contribution in [0.15, 0.2) is 62.1 Å². The monoisotopic (exact) mass is 523 g/mol. The van der Waals surface area contributed by atoms with E-state index in [0.717, 1.165) is 4.57 Å². The average Bonchev–Trinajstić information content (AvgIpc) is 3.14. The second-order valence-corrected chi connectivity index (χ2v) is 11.2. The molecule has 11 heteroatoms. The van der Waals surface area contributed by atoms with Crippen molar-refractivity contribution >= 4 is 69.6 Å². The molecule has 3 aliphatic carbocycles. The Morgan fingerprint density at radius 1 is 0.733 bits per heavy atom. The third-order valence-corrected chi connectivity index (χ3v) is 11.2. The zero-order chi connectivity index (χ0) is 21.4. The summed E-state index contributed by atoms with van der Waals surface area (Å²) in [5.74, 6) is -1.08. The summed E-state index contributed by atoms with van der Waals surface area (Å²) in [6, 6.07) is 7.45. The van der Waals surface area contributed by atoms with Crippen LogP contribution in [0.1, 0.15) is 12.1 Å². The van der Waals surface area contributed by atoms with Gasteiger partial charge in [0.15, 0.2) is 4.33 Å². The zero-order valence-corrected chi connectivity index (χ0v) is 19.3. The summed E-state index contributed by atoms with van der Waals surface area (Å²) >= 11 is 40.5. The number of para-hydroxylation sites is 1. The van der Waals surface area contributed by atoms with Crippen LogP contribution in [0.5, 0.6) is 0 Å². The maximum absolute atomic E-state index is 13.4. The number of hydrogen-bond donors (Lipinski definition) is 0. The maximum Gasteiger partial charge on any atom is 0.352 e. The topological polar surface area (TPSA) is 48.9 Å². The maximum atomic E-state index is 13.4. The van der Waals surface area contributed by atoms with Gasteiger partial charge >= 0.3 is 11.4 Å². The summed E-state index contributed by atoms with van der Waals surface area (Å²) in [4.78, 5) is 23.7. The van der Waals surface area contributed by atoms with Crippen molar-refractivity contribution in [3.05, 3.63) is 73.5 Å². The minimum absolute atomic E-state index is 0.0810. The van der Waals surface area contributed by atoms with Crippen molar-refractivity contribution in [2.45, 2.75) is 26.2 Å². The molecule has 0 radical (unpaired) electrons. The number of hydrogen-bond acceptors (Lipinski definition) is 2. The molecule has 5 aliphatic rings. The second-order valence-electron chi connectivity index (χ2n) is 7.97. The lowest BCUT2D eigenvalue weighted by molar-refractivity contribution is 0.0973. The lowest BCUT2D eigenvalue weighted by Gasteiger charge is -2.50. The fourth-order valence-electron chi connectivity index (χ4n) is 5.71. The number of allylic oxidation sites excluding steroid dienone is 4. The van der Waals surface area contributed by atoms with Crippen molar-refractivity contribution in [3.63, 3.8) is 0 Å². The van der Waals surface area contributed by atoms with Crippen molar-refractivity contribution < 1.29 is 0 Å². The minimum atomic E-state index is -1.73. The summed E-state index contributed by atoms with van der Waals surface area (Å²) in [6.45, 7) is 0. The van der Waals surface area contributed by atoms with E-state index < -0.39 is 49.4 Å². The number of halogens is 6. The summed E-state index contributed by atoms with van der Waals surface area (Å²) in [6.07, 6.45) is 3.66. The molecule has 7 rings (SSSR count). The molecular formula is C19H11Cl6N3O2. The number of alkyl halides is 4. The summed E-state index contributed by atoms with van der Waals surface area (Å²) in [5.41, 5.74) is -0.512. The van der Waals surface area contributed by atoms with E-state index in [9.17, 15) is 9.59 Å². The molecule has 0 spiro atoms. The molecule has 1 fully saturated rings. The molecule has 0 amide bonds. The minimum Gasteiger partial charge on any atom is -0.245 e. The molecule has 156 valence electrons. The lowest BCUT2D eigenvalue weighted by Crippen LogP contribution is -2.55. The summed E-state index contributed by atoms with van der Waals surface area (Å²) in [5, 5.41) is 0.162. The van der Waals surface area contributed by atoms with Crippen molar-refractivity contribution in [1.82, 2.24) is 13.9 Å². The van der Waals surface area contributed by atoms with E-state index in [0.29, 0.717) is 5.69 Å². The average molecular weight is 526 g/mol. The van der Waals surface area contributed by atoms with Crippen molar-refractivity contribution in [2.75, 3.05) is 0 Å². The van der Waals surface area contributed by atoms with Gasteiger partial charge in [-0.3, -0.25) is 0 Å². The first kappa shape index (κ1) is 19.8. The van der Waals surface area contributed by atoms with E-state index in [1.54, 1.807) is 30.3 Å². The molecule has 1 saturated carbocycles. The number of nitrogens with zero attached hydrogens (tertiary/aromatic N) is 3. The number of aromatic nitrogens is 3. The second kappa shape index (κ2) is 5.75. The lowest BCUT2D eigenvalue weighted by atomic mass is 9.69. The van der Waals surface area contributed by atoms with Crippen molar-refractivity contribution in [2.24, 2.45) is 11.8 Å². The third-order valence-electron chi connectivity index (χ3n) is 6.88. The van der Waals surface area contributed by atoms with E-state index in [2.05, 4.69) is 0 Å². The van der Waals surface area contributed by atoms with Crippen LogP contribution >= 0.6 is 69.6 Å². The van der Waals surface area contributed by atoms with Crippen molar-refractivity contribution in [1.29, 1.82) is 0 Å². The van der Waals surface area contributed by atoms with Crippen LogP contribution in [-0.2, 0) is 0 Å². The summed E-state index contributed by atoms with van der Waals surface area (Å²) < 4.78 is 2.19. The molecular weight excluding hydrogens is 515 g/mol. The van der Waals surface area contributed by atoms with Gasteiger partial charge in [-0.2, -0.15) is 0 Å². The highest BCUT2D eigenvalue weighted by atomic mass is 35.5. The molecule has 0 N–H and O–H groups in total. The largest absolute Gasteiger partial charge is 0.352 e. The Morgan fingerprint density at radius 2 is 1.17 bits per heavy atom. The van der Waals surface area contributed by atoms with Crippen LogP contribution in [0.25, 0.3) is 5.69 Å². The van der Waals surface area contributed by atoms with Gasteiger partial charge in [-0.05, 0) is 12.1 Å². The van der Waals surface area contributed by atoms with Gasteiger partial charge in [0.25, 0.3) is 0 Å². The quantitative estimate of drug-likeness (QED) is 0.405. The molecule has 6 atom stereocenters. The van der Waals surface area contributed by atoms with Gasteiger partial charge in [-0.25, -0.2) is 23.5 Å². The predicted octanol–water partition coefficient (Wildman–Crippen LogP) is 4.54. The van der Waals surface area contributed by atoms with Crippen LogP contribution in [0.3, 0.4) is 0 Å². The number of fused-ring (bicyclic) bond motifs is 2. The van der Waals surface area contributed by atoms with E-state index >= 15 is 0 Å². The normalized spacial score (nSPS) is 39.5. The molecule has 3 heterocycles. The van der Waals surface area contributed by atoms with Gasteiger partial charge in [-0.1, -0.05) is 76.8 Å². The Kier molecular flexibility index (Phi) is 3.80. The van der Waals surface area contributed by atoms with E-state index in [-0.39, 0.29) is 10.1 Å².